The molecular weight excluding hydrogens is 242 g/mol. The first-order valence-electron chi connectivity index (χ1n) is 6.90. The van der Waals surface area contributed by atoms with Crippen LogP contribution >= 0.6 is 0 Å². The Bertz CT molecular complexity index is 362. The monoisotopic (exact) mass is 265 g/mol. The Morgan fingerprint density at radius 2 is 2.05 bits per heavy atom. The van der Waals surface area contributed by atoms with Crippen LogP contribution in [0, 0.1) is 0 Å². The summed E-state index contributed by atoms with van der Waals surface area (Å²) in [5.74, 6) is 0.881. The number of nitrogens with one attached hydrogen (secondary N) is 1. The molecule has 1 fully saturated rings. The third-order valence-electron chi connectivity index (χ3n) is 3.26. The molecule has 1 unspecified atom stereocenters. The molecule has 1 atom stereocenters. The van der Waals surface area contributed by atoms with Crippen LogP contribution in [0.25, 0.3) is 0 Å². The minimum absolute atomic E-state index is 0.228. The first-order chi connectivity index (χ1) is 9.33. The van der Waals surface area contributed by atoms with Gasteiger partial charge in [0.1, 0.15) is 11.9 Å². The summed E-state index contributed by atoms with van der Waals surface area (Å²) < 4.78 is 16.1. The zero-order chi connectivity index (χ0) is 13.5. The molecule has 1 saturated heterocycles. The van der Waals surface area contributed by atoms with Crippen LogP contribution in [0.15, 0.2) is 24.3 Å². The van der Waals surface area contributed by atoms with Crippen LogP contribution in [0.4, 0.5) is 0 Å². The molecule has 1 aromatic carbocycles. The summed E-state index contributed by atoms with van der Waals surface area (Å²) >= 11 is 0. The first-order valence-corrected chi connectivity index (χ1v) is 6.90. The van der Waals surface area contributed by atoms with Crippen molar-refractivity contribution in [2.45, 2.75) is 25.5 Å². The van der Waals surface area contributed by atoms with Crippen LogP contribution in [0.5, 0.6) is 5.75 Å². The van der Waals surface area contributed by atoms with E-state index in [1.54, 1.807) is 7.11 Å². The topological polar surface area (TPSA) is 39.7 Å². The van der Waals surface area contributed by atoms with Gasteiger partial charge in [0, 0.05) is 0 Å². The quantitative estimate of drug-likeness (QED) is 0.782. The Morgan fingerprint density at radius 3 is 2.58 bits per heavy atom. The second-order valence-electron chi connectivity index (χ2n) is 4.77. The fraction of sp³-hybridized carbons (Fsp3) is 0.600. The largest absolute Gasteiger partial charge is 0.497 e. The molecule has 0 radical (unpaired) electrons. The van der Waals surface area contributed by atoms with Crippen molar-refractivity contribution in [1.29, 1.82) is 0 Å². The van der Waals surface area contributed by atoms with Crippen LogP contribution in [-0.4, -0.2) is 39.6 Å². The Hall–Kier alpha value is -1.10. The second kappa shape index (κ2) is 7.48. The minimum atomic E-state index is 0.228. The number of benzene rings is 1. The lowest BCUT2D eigenvalue weighted by Crippen LogP contribution is -2.38. The van der Waals surface area contributed by atoms with Crippen LogP contribution in [0.3, 0.4) is 0 Å². The van der Waals surface area contributed by atoms with Gasteiger partial charge in [-0.15, -0.1) is 0 Å². The summed E-state index contributed by atoms with van der Waals surface area (Å²) in [6.45, 7) is 5.28. The van der Waals surface area contributed by atoms with Gasteiger partial charge in [0.2, 0.25) is 0 Å². The number of hydrogen-bond acceptors (Lipinski definition) is 4. The Labute approximate surface area is 115 Å². The molecule has 1 aliphatic rings. The maximum absolute atomic E-state index is 5.83. The molecular formula is C15H23NO3. The third-order valence-corrected chi connectivity index (χ3v) is 3.26. The zero-order valence-corrected chi connectivity index (χ0v) is 11.7. The van der Waals surface area contributed by atoms with Crippen LogP contribution in [0.1, 0.15) is 24.9 Å². The van der Waals surface area contributed by atoms with Gasteiger partial charge >= 0.3 is 0 Å². The molecule has 106 valence electrons. The first kappa shape index (κ1) is 14.3. The normalized spacial score (nSPS) is 16.9. The van der Waals surface area contributed by atoms with E-state index in [0.29, 0.717) is 6.61 Å². The van der Waals surface area contributed by atoms with E-state index < -0.39 is 0 Å². The molecule has 0 saturated carbocycles. The Balaban J connectivity index is 1.93. The van der Waals surface area contributed by atoms with E-state index in [-0.39, 0.29) is 12.1 Å². The van der Waals surface area contributed by atoms with Crippen molar-refractivity contribution < 1.29 is 14.2 Å². The highest BCUT2D eigenvalue weighted by Gasteiger charge is 2.21. The molecule has 1 aromatic rings. The minimum Gasteiger partial charge on any atom is -0.497 e. The predicted octanol–water partition coefficient (Wildman–Crippen LogP) is 2.15. The summed E-state index contributed by atoms with van der Waals surface area (Å²) in [7, 11) is 1.68. The van der Waals surface area contributed by atoms with Crippen molar-refractivity contribution in [2.24, 2.45) is 0 Å². The summed E-state index contributed by atoms with van der Waals surface area (Å²) in [6, 6.07) is 8.39. The summed E-state index contributed by atoms with van der Waals surface area (Å²) in [5, 5.41) is 3.52. The van der Waals surface area contributed by atoms with Gasteiger partial charge in [-0.25, -0.2) is 0 Å². The van der Waals surface area contributed by atoms with Gasteiger partial charge < -0.3 is 19.5 Å². The lowest BCUT2D eigenvalue weighted by molar-refractivity contribution is -0.133. The van der Waals surface area contributed by atoms with Crippen LogP contribution in [-0.2, 0) is 9.47 Å². The molecule has 2 rings (SSSR count). The SMILES string of the molecule is CCCNC(COC1COC1)c1ccc(OC)cc1. The van der Waals surface area contributed by atoms with Crippen molar-refractivity contribution in [3.63, 3.8) is 0 Å². The van der Waals surface area contributed by atoms with Gasteiger partial charge in [0.25, 0.3) is 0 Å². The highest BCUT2D eigenvalue weighted by Crippen LogP contribution is 2.19. The molecule has 0 spiro atoms. The van der Waals surface area contributed by atoms with Crippen LogP contribution < -0.4 is 10.1 Å². The second-order valence-corrected chi connectivity index (χ2v) is 4.77. The summed E-state index contributed by atoms with van der Waals surface area (Å²) in [6.07, 6.45) is 1.38. The Kier molecular flexibility index (Phi) is 5.63. The van der Waals surface area contributed by atoms with Crippen molar-refractivity contribution in [2.75, 3.05) is 33.5 Å². The van der Waals surface area contributed by atoms with Gasteiger partial charge in [-0.3, -0.25) is 0 Å². The smallest absolute Gasteiger partial charge is 0.118 e. The molecule has 1 heterocycles. The molecule has 0 amide bonds. The lowest BCUT2D eigenvalue weighted by Gasteiger charge is -2.28. The molecule has 1 aliphatic heterocycles. The molecule has 0 aromatic heterocycles. The van der Waals surface area contributed by atoms with Gasteiger partial charge in [-0.2, -0.15) is 0 Å². The number of ether oxygens (including phenoxy) is 3. The average Bonchev–Trinajstić information content (AvgIpc) is 2.41. The molecule has 1 N–H and O–H groups in total. The van der Waals surface area contributed by atoms with Gasteiger partial charge in [0.05, 0.1) is 33.0 Å². The van der Waals surface area contributed by atoms with E-state index in [2.05, 4.69) is 24.4 Å². The van der Waals surface area contributed by atoms with Crippen molar-refractivity contribution in [3.8, 4) is 5.75 Å². The third kappa shape index (κ3) is 4.20. The average molecular weight is 265 g/mol. The number of methoxy groups -OCH3 is 1. The van der Waals surface area contributed by atoms with Gasteiger partial charge in [0.15, 0.2) is 0 Å². The van der Waals surface area contributed by atoms with E-state index >= 15 is 0 Å². The standard InChI is InChI=1S/C15H23NO3/c1-3-8-16-15(11-19-14-9-18-10-14)12-4-6-13(17-2)7-5-12/h4-7,14-16H,3,8-11H2,1-2H3. The van der Waals surface area contributed by atoms with Crippen molar-refractivity contribution >= 4 is 0 Å². The van der Waals surface area contributed by atoms with E-state index in [0.717, 1.165) is 31.9 Å². The maximum Gasteiger partial charge on any atom is 0.118 e. The Morgan fingerprint density at radius 1 is 1.32 bits per heavy atom. The maximum atomic E-state index is 5.83. The van der Waals surface area contributed by atoms with E-state index in [1.807, 2.05) is 12.1 Å². The van der Waals surface area contributed by atoms with Crippen LogP contribution in [0.2, 0.25) is 0 Å². The van der Waals surface area contributed by atoms with Gasteiger partial charge in [-0.05, 0) is 30.7 Å². The molecule has 4 heteroatoms. The fourth-order valence-electron chi connectivity index (χ4n) is 1.97. The molecule has 4 nitrogen and oxygen atoms in total. The van der Waals surface area contributed by atoms with Gasteiger partial charge in [-0.1, -0.05) is 19.1 Å². The van der Waals surface area contributed by atoms with Crippen molar-refractivity contribution in [1.82, 2.24) is 5.32 Å². The summed E-state index contributed by atoms with van der Waals surface area (Å²) in [5.41, 5.74) is 1.23. The predicted molar refractivity (Wildman–Crippen MR) is 74.6 cm³/mol. The highest BCUT2D eigenvalue weighted by atomic mass is 16.6. The highest BCUT2D eigenvalue weighted by molar-refractivity contribution is 5.29. The number of rotatable bonds is 8. The zero-order valence-electron chi connectivity index (χ0n) is 11.7. The molecule has 0 bridgehead atoms. The summed E-state index contributed by atoms with van der Waals surface area (Å²) in [4.78, 5) is 0. The van der Waals surface area contributed by atoms with E-state index in [1.165, 1.54) is 5.56 Å². The lowest BCUT2D eigenvalue weighted by atomic mass is 10.1. The fourth-order valence-corrected chi connectivity index (χ4v) is 1.97. The van der Waals surface area contributed by atoms with E-state index in [4.69, 9.17) is 14.2 Å². The molecule has 19 heavy (non-hydrogen) atoms. The van der Waals surface area contributed by atoms with E-state index in [9.17, 15) is 0 Å². The molecule has 0 aliphatic carbocycles. The number of hydrogen-bond donors (Lipinski definition) is 1. The van der Waals surface area contributed by atoms with Crippen molar-refractivity contribution in [3.05, 3.63) is 29.8 Å².